The lowest BCUT2D eigenvalue weighted by atomic mass is 9.89. The highest BCUT2D eigenvalue weighted by molar-refractivity contribution is 6.20. The van der Waals surface area contributed by atoms with E-state index < -0.39 is 0 Å². The van der Waals surface area contributed by atoms with Gasteiger partial charge in [-0.3, -0.25) is 4.79 Å². The summed E-state index contributed by atoms with van der Waals surface area (Å²) in [6.07, 6.45) is 4.28. The summed E-state index contributed by atoms with van der Waals surface area (Å²) in [5.74, 6) is 1.82. The maximum absolute atomic E-state index is 12.1. The van der Waals surface area contributed by atoms with Crippen LogP contribution in [0.15, 0.2) is 18.2 Å². The van der Waals surface area contributed by atoms with Crippen LogP contribution < -0.4 is 14.8 Å². The van der Waals surface area contributed by atoms with Crippen LogP contribution in [0.3, 0.4) is 0 Å². The van der Waals surface area contributed by atoms with E-state index in [1.54, 1.807) is 18.2 Å². The minimum Gasteiger partial charge on any atom is -0.454 e. The van der Waals surface area contributed by atoms with E-state index in [0.29, 0.717) is 28.4 Å². The summed E-state index contributed by atoms with van der Waals surface area (Å²) in [5.41, 5.74) is 0.611. The molecule has 0 bridgehead atoms. The van der Waals surface area contributed by atoms with E-state index in [1.807, 2.05) is 0 Å². The van der Waals surface area contributed by atoms with E-state index in [4.69, 9.17) is 21.1 Å². The summed E-state index contributed by atoms with van der Waals surface area (Å²) in [7, 11) is 0. The smallest absolute Gasteiger partial charge is 0.251 e. The van der Waals surface area contributed by atoms with Crippen LogP contribution >= 0.6 is 11.6 Å². The molecule has 0 atom stereocenters. The Morgan fingerprint density at radius 3 is 2.75 bits per heavy atom. The fourth-order valence-corrected chi connectivity index (χ4v) is 2.95. The molecule has 0 unspecified atom stereocenters. The average molecular weight is 296 g/mol. The highest BCUT2D eigenvalue weighted by Crippen LogP contribution is 2.32. The SMILES string of the molecule is O=C(NCC1CCC(Cl)CC1)c1ccc2c(c1)OCO2. The third kappa shape index (κ3) is 3.01. The van der Waals surface area contributed by atoms with Gasteiger partial charge in [0.1, 0.15) is 0 Å². The minimum absolute atomic E-state index is 0.0590. The number of rotatable bonds is 3. The van der Waals surface area contributed by atoms with Gasteiger partial charge in [0.25, 0.3) is 5.91 Å². The first-order valence-corrected chi connectivity index (χ1v) is 7.48. The number of nitrogens with one attached hydrogen (secondary N) is 1. The van der Waals surface area contributed by atoms with Gasteiger partial charge < -0.3 is 14.8 Å². The number of halogens is 1. The van der Waals surface area contributed by atoms with E-state index in [1.165, 1.54) is 0 Å². The van der Waals surface area contributed by atoms with Crippen molar-refractivity contribution >= 4 is 17.5 Å². The maximum Gasteiger partial charge on any atom is 0.251 e. The van der Waals surface area contributed by atoms with Crippen LogP contribution in [0.25, 0.3) is 0 Å². The molecule has 1 fully saturated rings. The number of hydrogen-bond donors (Lipinski definition) is 1. The fraction of sp³-hybridized carbons (Fsp3) is 0.533. The molecule has 1 N–H and O–H groups in total. The van der Waals surface area contributed by atoms with Crippen molar-refractivity contribution in [3.05, 3.63) is 23.8 Å². The van der Waals surface area contributed by atoms with Gasteiger partial charge in [0.05, 0.1) is 0 Å². The van der Waals surface area contributed by atoms with Crippen molar-refractivity contribution in [3.8, 4) is 11.5 Å². The van der Waals surface area contributed by atoms with E-state index in [-0.39, 0.29) is 12.7 Å². The lowest BCUT2D eigenvalue weighted by Crippen LogP contribution is -2.31. The van der Waals surface area contributed by atoms with Gasteiger partial charge in [-0.15, -0.1) is 11.6 Å². The highest BCUT2D eigenvalue weighted by Gasteiger charge is 2.21. The molecule has 1 aromatic carbocycles. The molecule has 108 valence electrons. The molecule has 1 saturated carbocycles. The van der Waals surface area contributed by atoms with Crippen LogP contribution in [0.2, 0.25) is 0 Å². The predicted octanol–water partition coefficient (Wildman–Crippen LogP) is 2.94. The van der Waals surface area contributed by atoms with Crippen molar-refractivity contribution in [2.24, 2.45) is 5.92 Å². The second-order valence-corrected chi connectivity index (χ2v) is 6.01. The molecule has 3 rings (SSSR count). The number of amides is 1. The summed E-state index contributed by atoms with van der Waals surface area (Å²) < 4.78 is 10.5. The molecule has 5 heteroatoms. The van der Waals surface area contributed by atoms with Crippen molar-refractivity contribution in [1.29, 1.82) is 0 Å². The third-order valence-corrected chi connectivity index (χ3v) is 4.40. The van der Waals surface area contributed by atoms with Gasteiger partial charge in [0.15, 0.2) is 11.5 Å². The molecule has 1 aliphatic carbocycles. The second kappa shape index (κ2) is 5.92. The van der Waals surface area contributed by atoms with Crippen molar-refractivity contribution in [2.75, 3.05) is 13.3 Å². The molecule has 1 aromatic rings. The lowest BCUT2D eigenvalue weighted by molar-refractivity contribution is 0.0943. The van der Waals surface area contributed by atoms with E-state index in [0.717, 1.165) is 32.2 Å². The Bertz CT molecular complexity index is 498. The van der Waals surface area contributed by atoms with Crippen molar-refractivity contribution in [2.45, 2.75) is 31.1 Å². The van der Waals surface area contributed by atoms with Crippen LogP contribution in [0.4, 0.5) is 0 Å². The van der Waals surface area contributed by atoms with Gasteiger partial charge in [-0.05, 0) is 49.8 Å². The van der Waals surface area contributed by atoms with Crippen LogP contribution in [0, 0.1) is 5.92 Å². The maximum atomic E-state index is 12.1. The van der Waals surface area contributed by atoms with Gasteiger partial charge in [-0.2, -0.15) is 0 Å². The van der Waals surface area contributed by atoms with Gasteiger partial charge in [0, 0.05) is 17.5 Å². The van der Waals surface area contributed by atoms with Crippen molar-refractivity contribution < 1.29 is 14.3 Å². The highest BCUT2D eigenvalue weighted by atomic mass is 35.5. The molecule has 20 heavy (non-hydrogen) atoms. The zero-order valence-corrected chi connectivity index (χ0v) is 12.0. The number of carbonyl (C=O) groups is 1. The van der Waals surface area contributed by atoms with E-state index in [2.05, 4.69) is 5.32 Å². The summed E-state index contributed by atoms with van der Waals surface area (Å²) in [6, 6.07) is 5.27. The quantitative estimate of drug-likeness (QED) is 0.872. The minimum atomic E-state index is -0.0590. The zero-order chi connectivity index (χ0) is 13.9. The second-order valence-electron chi connectivity index (χ2n) is 5.40. The summed E-state index contributed by atoms with van der Waals surface area (Å²) in [5, 5.41) is 3.31. The number of hydrogen-bond acceptors (Lipinski definition) is 3. The number of carbonyl (C=O) groups excluding carboxylic acids is 1. The molecule has 0 spiro atoms. The first-order valence-electron chi connectivity index (χ1n) is 7.04. The molecule has 0 aromatic heterocycles. The molecule has 1 aliphatic heterocycles. The molecular formula is C15H18ClNO3. The van der Waals surface area contributed by atoms with Crippen LogP contribution in [0.1, 0.15) is 36.0 Å². The fourth-order valence-electron chi connectivity index (χ4n) is 2.70. The number of ether oxygens (including phenoxy) is 2. The Kier molecular flexibility index (Phi) is 4.01. The van der Waals surface area contributed by atoms with Gasteiger partial charge >= 0.3 is 0 Å². The molecular weight excluding hydrogens is 278 g/mol. The lowest BCUT2D eigenvalue weighted by Gasteiger charge is -2.25. The van der Waals surface area contributed by atoms with Crippen molar-refractivity contribution in [1.82, 2.24) is 5.32 Å². The number of alkyl halides is 1. The summed E-state index contributed by atoms with van der Waals surface area (Å²) in [6.45, 7) is 0.943. The molecule has 4 nitrogen and oxygen atoms in total. The normalized spacial score (nSPS) is 24.4. The number of benzene rings is 1. The number of fused-ring (bicyclic) bond motifs is 1. The Hall–Kier alpha value is -1.42. The molecule has 1 amide bonds. The molecule has 2 aliphatic rings. The van der Waals surface area contributed by atoms with Crippen LogP contribution in [-0.2, 0) is 0 Å². The zero-order valence-electron chi connectivity index (χ0n) is 11.2. The summed E-state index contributed by atoms with van der Waals surface area (Å²) in [4.78, 5) is 12.1. The Balaban J connectivity index is 1.54. The first kappa shape index (κ1) is 13.6. The predicted molar refractivity (Wildman–Crippen MR) is 76.5 cm³/mol. The van der Waals surface area contributed by atoms with E-state index >= 15 is 0 Å². The van der Waals surface area contributed by atoms with E-state index in [9.17, 15) is 4.79 Å². The average Bonchev–Trinajstić information content (AvgIpc) is 2.93. The standard InChI is InChI=1S/C15H18ClNO3/c16-12-4-1-10(2-5-12)8-17-15(18)11-3-6-13-14(7-11)20-9-19-13/h3,6-7,10,12H,1-2,4-5,8-9H2,(H,17,18). The van der Waals surface area contributed by atoms with Crippen molar-refractivity contribution in [3.63, 3.8) is 0 Å². The van der Waals surface area contributed by atoms with Crippen LogP contribution in [0.5, 0.6) is 11.5 Å². The van der Waals surface area contributed by atoms with Gasteiger partial charge in [-0.1, -0.05) is 0 Å². The Morgan fingerprint density at radius 1 is 1.20 bits per heavy atom. The Labute approximate surface area is 123 Å². The first-order chi connectivity index (χ1) is 9.72. The Morgan fingerprint density at radius 2 is 1.95 bits per heavy atom. The topological polar surface area (TPSA) is 47.6 Å². The van der Waals surface area contributed by atoms with Gasteiger partial charge in [0.2, 0.25) is 6.79 Å². The largest absolute Gasteiger partial charge is 0.454 e. The molecule has 0 saturated heterocycles. The van der Waals surface area contributed by atoms with Gasteiger partial charge in [-0.25, -0.2) is 0 Å². The molecule has 1 heterocycles. The van der Waals surface area contributed by atoms with Crippen LogP contribution in [-0.4, -0.2) is 24.6 Å². The monoisotopic (exact) mass is 295 g/mol. The third-order valence-electron chi connectivity index (χ3n) is 3.96. The summed E-state index contributed by atoms with van der Waals surface area (Å²) >= 11 is 6.08. The molecule has 0 radical (unpaired) electrons.